The topological polar surface area (TPSA) is 149 Å². The lowest BCUT2D eigenvalue weighted by molar-refractivity contribution is -0.138. The molecule has 4 heterocycles. The molecule has 0 atom stereocenters. The Balaban J connectivity index is 0.000000207. The number of halogens is 7. The molecular formula is C48H33BrF6N10O5. The van der Waals surface area contributed by atoms with E-state index in [1.54, 1.807) is 36.4 Å². The summed E-state index contributed by atoms with van der Waals surface area (Å²) >= 11 is 3.39. The summed E-state index contributed by atoms with van der Waals surface area (Å²) in [6.07, 6.45) is -6.50. The highest BCUT2D eigenvalue weighted by molar-refractivity contribution is 9.10. The van der Waals surface area contributed by atoms with Gasteiger partial charge in [-0.3, -0.25) is 32.7 Å². The van der Waals surface area contributed by atoms with Gasteiger partial charge in [0, 0.05) is 25.5 Å². The summed E-state index contributed by atoms with van der Waals surface area (Å²) in [7, 11) is 2.47. The van der Waals surface area contributed by atoms with Crippen molar-refractivity contribution in [3.05, 3.63) is 207 Å². The molecule has 4 aromatic heterocycles. The summed E-state index contributed by atoms with van der Waals surface area (Å²) in [5, 5.41) is 8.57. The second-order valence-corrected chi connectivity index (χ2v) is 16.2. The third kappa shape index (κ3) is 9.07. The van der Waals surface area contributed by atoms with Crippen LogP contribution in [-0.4, -0.2) is 43.6 Å². The molecule has 0 bridgehead atoms. The van der Waals surface area contributed by atoms with Gasteiger partial charge < -0.3 is 0 Å². The first-order valence-corrected chi connectivity index (χ1v) is 21.1. The van der Waals surface area contributed by atoms with Crippen LogP contribution in [0.15, 0.2) is 133 Å². The van der Waals surface area contributed by atoms with E-state index in [0.717, 1.165) is 42.5 Å². The van der Waals surface area contributed by atoms with Gasteiger partial charge in [-0.25, -0.2) is 28.6 Å². The number of carbonyl (C=O) groups excluding carboxylic acids is 1. The number of benzene rings is 4. The van der Waals surface area contributed by atoms with Crippen LogP contribution in [0.2, 0.25) is 0 Å². The van der Waals surface area contributed by atoms with Gasteiger partial charge in [0.2, 0.25) is 0 Å². The van der Waals surface area contributed by atoms with Crippen molar-refractivity contribution in [2.45, 2.75) is 33.1 Å². The van der Waals surface area contributed by atoms with Crippen LogP contribution in [0.3, 0.4) is 0 Å². The van der Waals surface area contributed by atoms with Gasteiger partial charge in [0.05, 0.1) is 92.0 Å². The normalized spacial score (nSPS) is 11.4. The van der Waals surface area contributed by atoms with E-state index in [9.17, 15) is 50.3 Å². The second kappa shape index (κ2) is 18.8. The molecule has 15 nitrogen and oxygen atoms in total. The number of nitrogens with zero attached hydrogens (tertiary/aromatic N) is 10. The third-order valence-electron chi connectivity index (χ3n) is 11.0. The highest BCUT2D eigenvalue weighted by Crippen LogP contribution is 2.35. The molecule has 0 spiro atoms. The molecule has 0 saturated heterocycles. The van der Waals surface area contributed by atoms with E-state index in [0.29, 0.717) is 32.9 Å². The van der Waals surface area contributed by atoms with Crippen molar-refractivity contribution in [3.8, 4) is 45.3 Å². The lowest BCUT2D eigenvalue weighted by atomic mass is 10.0. The van der Waals surface area contributed by atoms with Crippen LogP contribution >= 0.6 is 15.9 Å². The smallest absolute Gasteiger partial charge is 0.294 e. The quantitative estimate of drug-likeness (QED) is 0.0877. The van der Waals surface area contributed by atoms with Crippen molar-refractivity contribution in [2.24, 2.45) is 14.1 Å². The van der Waals surface area contributed by atoms with E-state index in [4.69, 9.17) is 13.1 Å². The van der Waals surface area contributed by atoms with Gasteiger partial charge in [0.15, 0.2) is 17.2 Å². The number of rotatable bonds is 7. The van der Waals surface area contributed by atoms with E-state index in [2.05, 4.69) is 35.8 Å². The van der Waals surface area contributed by atoms with Crippen molar-refractivity contribution < 1.29 is 31.1 Å². The predicted molar refractivity (Wildman–Crippen MR) is 249 cm³/mol. The van der Waals surface area contributed by atoms with E-state index >= 15 is 0 Å². The molecule has 0 N–H and O–H groups in total. The number of Topliss-reactive ketones (excluding diaryl/α,β-unsaturated/α-hetero) is 1. The molecule has 0 fully saturated rings. The zero-order valence-corrected chi connectivity index (χ0v) is 38.6. The molecular weight excluding hydrogens is 990 g/mol. The maximum atomic E-state index is 13.4. The Morgan fingerprint density at radius 1 is 0.586 bits per heavy atom. The average molecular weight is 1020 g/mol. The van der Waals surface area contributed by atoms with Crippen LogP contribution in [0, 0.1) is 27.0 Å². The summed E-state index contributed by atoms with van der Waals surface area (Å²) in [6.45, 7) is 18.4. The third-order valence-corrected chi connectivity index (χ3v) is 11.6. The fourth-order valence-corrected chi connectivity index (χ4v) is 8.01. The van der Waals surface area contributed by atoms with Crippen LogP contribution < -0.4 is 22.5 Å². The average Bonchev–Trinajstić information content (AvgIpc) is 3.94. The molecule has 8 rings (SSSR count). The van der Waals surface area contributed by atoms with Gasteiger partial charge in [-0.1, -0.05) is 36.4 Å². The van der Waals surface area contributed by atoms with Crippen molar-refractivity contribution in [3.63, 3.8) is 0 Å². The summed E-state index contributed by atoms with van der Waals surface area (Å²) in [5.41, 5.74) is -2.60. The maximum Gasteiger partial charge on any atom is 0.416 e. The Morgan fingerprint density at radius 2 is 0.971 bits per heavy atom. The number of hydrogen-bond acceptors (Lipinski definition) is 7. The van der Waals surface area contributed by atoms with Gasteiger partial charge in [-0.2, -0.15) is 36.5 Å². The lowest BCUT2D eigenvalue weighted by Gasteiger charge is -2.18. The van der Waals surface area contributed by atoms with Crippen molar-refractivity contribution in [1.29, 1.82) is 0 Å². The number of aromatic nitrogens is 8. The van der Waals surface area contributed by atoms with Gasteiger partial charge >= 0.3 is 23.7 Å². The Bertz CT molecular complexity index is 3740. The monoisotopic (exact) mass is 1020 g/mol. The highest BCUT2D eigenvalue weighted by atomic mass is 79.9. The van der Waals surface area contributed by atoms with E-state index in [-0.39, 0.29) is 45.1 Å². The van der Waals surface area contributed by atoms with Crippen molar-refractivity contribution in [2.75, 3.05) is 0 Å². The van der Waals surface area contributed by atoms with Crippen LogP contribution in [0.1, 0.15) is 39.8 Å². The van der Waals surface area contributed by atoms with Gasteiger partial charge in [0.25, 0.3) is 11.1 Å². The molecule has 8 aromatic rings. The van der Waals surface area contributed by atoms with Crippen LogP contribution in [0.5, 0.6) is 0 Å². The Hall–Kier alpha value is -8.63. The molecule has 4 aromatic carbocycles. The number of ketones is 1. The van der Waals surface area contributed by atoms with Crippen LogP contribution in [-0.2, 0) is 26.4 Å². The fourth-order valence-electron chi connectivity index (χ4n) is 7.55. The van der Waals surface area contributed by atoms with E-state index in [1.165, 1.54) is 93.0 Å². The zero-order chi connectivity index (χ0) is 51.1. The molecule has 0 unspecified atom stereocenters. The SMILES string of the molecule is [C-]#[N+]c1ccc(-n2ncc(Br)c2-c2c(C)n(-c3cccc(C(F)(F)F)c3)c(=O)n(C)c2=O)cc1.[C-]#[N+]c1ccc(-n2ncc(C(C)=O)c2-c2c(C)n(-c3cccc(C(F)(F)F)c3)c(=O)n(C)c2=O)cc1. The first kappa shape index (κ1) is 49.3. The number of alkyl halides is 6. The van der Waals surface area contributed by atoms with Crippen LogP contribution in [0.25, 0.3) is 55.0 Å². The van der Waals surface area contributed by atoms with Crippen LogP contribution in [0.4, 0.5) is 37.7 Å². The fraction of sp³-hybridized carbons (Fsp3) is 0.146. The second-order valence-electron chi connectivity index (χ2n) is 15.4. The molecule has 354 valence electrons. The molecule has 0 aliphatic carbocycles. The zero-order valence-electron chi connectivity index (χ0n) is 37.1. The molecule has 0 saturated carbocycles. The summed E-state index contributed by atoms with van der Waals surface area (Å²) in [4.78, 5) is 71.8. The van der Waals surface area contributed by atoms with E-state index in [1.807, 2.05) is 0 Å². The molecule has 0 radical (unpaired) electrons. The minimum Gasteiger partial charge on any atom is -0.294 e. The Kier molecular flexibility index (Phi) is 13.2. The van der Waals surface area contributed by atoms with Crippen molar-refractivity contribution >= 4 is 33.1 Å². The molecule has 22 heteroatoms. The van der Waals surface area contributed by atoms with Gasteiger partial charge in [0.1, 0.15) is 0 Å². The number of carbonyl (C=O) groups is 1. The first-order chi connectivity index (χ1) is 33.0. The predicted octanol–water partition coefficient (Wildman–Crippen LogP) is 9.50. The lowest BCUT2D eigenvalue weighted by Crippen LogP contribution is -2.40. The minimum atomic E-state index is -4.64. The first-order valence-electron chi connectivity index (χ1n) is 20.3. The van der Waals surface area contributed by atoms with Crippen molar-refractivity contribution in [1.82, 2.24) is 37.8 Å². The largest absolute Gasteiger partial charge is 0.416 e. The molecule has 70 heavy (non-hydrogen) atoms. The standard InChI is InChI=1S/C25H18F3N5O3.C23H15BrF3N5O2/c1-14-21(22-20(15(2)34)13-30-33(22)18-10-8-17(29-3)9-11-18)23(35)31(4)24(36)32(14)19-7-5-6-16(12-19)25(26,27)28;1-13-19(20-18(24)12-29-32(20)16-9-7-15(28-2)8-10-16)21(33)30(3)22(34)31(13)17-6-4-5-14(11-17)23(25,26)27/h5-13H,1-2,4H3;4-12H,1,3H3. The van der Waals surface area contributed by atoms with E-state index < -0.39 is 51.8 Å². The van der Waals surface area contributed by atoms with Gasteiger partial charge in [-0.05, 0) is 97.4 Å². The summed E-state index contributed by atoms with van der Waals surface area (Å²) < 4.78 is 86.9. The highest BCUT2D eigenvalue weighted by Gasteiger charge is 2.33. The minimum absolute atomic E-state index is 0.0298. The molecule has 0 amide bonds. The van der Waals surface area contributed by atoms with Gasteiger partial charge in [-0.15, -0.1) is 0 Å². The maximum absolute atomic E-state index is 13.4. The Labute approximate surface area is 399 Å². The summed E-state index contributed by atoms with van der Waals surface area (Å²) in [5.74, 6) is -0.410. The molecule has 0 aliphatic rings. The Morgan fingerprint density at radius 3 is 1.36 bits per heavy atom. The number of hydrogen-bond donors (Lipinski definition) is 0. The summed E-state index contributed by atoms with van der Waals surface area (Å²) in [6, 6.07) is 21.2. The molecule has 0 aliphatic heterocycles.